The van der Waals surface area contributed by atoms with Gasteiger partial charge >= 0.3 is 5.97 Å². The van der Waals surface area contributed by atoms with Gasteiger partial charge in [-0.2, -0.15) is 0 Å². The van der Waals surface area contributed by atoms with Gasteiger partial charge in [-0.05, 0) is 23.8 Å². The first-order valence-corrected chi connectivity index (χ1v) is 5.59. The van der Waals surface area contributed by atoms with Crippen LogP contribution in [0.15, 0.2) is 18.2 Å². The van der Waals surface area contributed by atoms with Gasteiger partial charge < -0.3 is 21.1 Å². The molecule has 2 rings (SSSR count). The Bertz CT molecular complexity index is 487. The fourth-order valence-corrected chi connectivity index (χ4v) is 1.85. The lowest BCUT2D eigenvalue weighted by Gasteiger charge is -2.15. The van der Waals surface area contributed by atoms with E-state index in [4.69, 9.17) is 5.73 Å². The second-order valence-corrected chi connectivity index (χ2v) is 4.11. The number of carbonyl (C=O) groups is 2. The topological polar surface area (TPSA) is 93.4 Å². The summed E-state index contributed by atoms with van der Waals surface area (Å²) in [5.74, 6) is -0.656. The Morgan fingerprint density at radius 1 is 1.56 bits per heavy atom. The molecule has 1 aliphatic heterocycles. The quantitative estimate of drug-likeness (QED) is 0.516. The highest BCUT2D eigenvalue weighted by atomic mass is 16.5. The molecule has 1 unspecified atom stereocenters. The molecular weight excluding hydrogens is 234 g/mol. The maximum absolute atomic E-state index is 11.8. The van der Waals surface area contributed by atoms with E-state index in [9.17, 15) is 9.59 Å². The van der Waals surface area contributed by atoms with Gasteiger partial charge in [0.1, 0.15) is 6.04 Å². The zero-order chi connectivity index (χ0) is 13.1. The lowest BCUT2D eigenvalue weighted by Crippen LogP contribution is -2.38. The highest BCUT2D eigenvalue weighted by Crippen LogP contribution is 2.22. The molecule has 1 aromatic rings. The maximum Gasteiger partial charge on any atom is 0.308 e. The van der Waals surface area contributed by atoms with Crippen molar-refractivity contribution in [3.8, 4) is 0 Å². The van der Waals surface area contributed by atoms with Crippen molar-refractivity contribution in [1.29, 1.82) is 0 Å². The first kappa shape index (κ1) is 12.2. The van der Waals surface area contributed by atoms with Gasteiger partial charge in [-0.3, -0.25) is 9.59 Å². The minimum atomic E-state index is -0.623. The number of nitrogens with one attached hydrogen (secondary N) is 2. The summed E-state index contributed by atoms with van der Waals surface area (Å²) in [5.41, 5.74) is 8.03. The van der Waals surface area contributed by atoms with Crippen molar-refractivity contribution in [3.63, 3.8) is 0 Å². The Balaban J connectivity index is 2.21. The van der Waals surface area contributed by atoms with E-state index in [1.807, 2.05) is 0 Å². The number of anilines is 2. The minimum absolute atomic E-state index is 0.00779. The van der Waals surface area contributed by atoms with Crippen LogP contribution in [0.3, 0.4) is 0 Å². The van der Waals surface area contributed by atoms with Crippen LogP contribution in [-0.4, -0.2) is 25.0 Å². The molecule has 1 amide bonds. The molecule has 1 heterocycles. The third-order valence-electron chi connectivity index (χ3n) is 2.83. The molecule has 1 atom stereocenters. The molecule has 4 N–H and O–H groups in total. The summed E-state index contributed by atoms with van der Waals surface area (Å²) < 4.78 is 4.57. The molecule has 0 aliphatic carbocycles. The predicted octanol–water partition coefficient (Wildman–Crippen LogP) is 0.242. The van der Waals surface area contributed by atoms with Gasteiger partial charge in [0.25, 0.3) is 0 Å². The summed E-state index contributed by atoms with van der Waals surface area (Å²) in [5, 5.41) is 5.78. The largest absolute Gasteiger partial charge is 0.469 e. The fourth-order valence-electron chi connectivity index (χ4n) is 1.85. The number of esters is 1. The van der Waals surface area contributed by atoms with Gasteiger partial charge in [0.05, 0.1) is 13.5 Å². The molecule has 0 radical (unpaired) electrons. The van der Waals surface area contributed by atoms with E-state index in [1.54, 1.807) is 18.2 Å². The maximum atomic E-state index is 11.8. The number of ether oxygens (including phenoxy) is 1. The molecule has 96 valence electrons. The Labute approximate surface area is 104 Å². The number of benzene rings is 1. The standard InChI is InChI=1S/C12H15N3O3/c1-18-11(16)5-10-12(17)14-6-7-4-8(13)2-3-9(7)15-10/h2-4,10,15H,5-6,13H2,1H3,(H,14,17). The summed E-state index contributed by atoms with van der Waals surface area (Å²) in [4.78, 5) is 23.0. The summed E-state index contributed by atoms with van der Waals surface area (Å²) in [7, 11) is 1.30. The lowest BCUT2D eigenvalue weighted by molar-refractivity contribution is -0.142. The summed E-state index contributed by atoms with van der Waals surface area (Å²) in [6.45, 7) is 0.393. The van der Waals surface area contributed by atoms with E-state index in [-0.39, 0.29) is 12.3 Å². The lowest BCUT2D eigenvalue weighted by atomic mass is 10.1. The Morgan fingerprint density at radius 3 is 3.06 bits per heavy atom. The van der Waals surface area contributed by atoms with Crippen LogP contribution in [-0.2, 0) is 20.9 Å². The van der Waals surface area contributed by atoms with Crippen molar-refractivity contribution < 1.29 is 14.3 Å². The summed E-state index contributed by atoms with van der Waals surface area (Å²) >= 11 is 0. The Hall–Kier alpha value is -2.24. The zero-order valence-electron chi connectivity index (χ0n) is 10.0. The molecule has 18 heavy (non-hydrogen) atoms. The number of amides is 1. The number of hydrogen-bond acceptors (Lipinski definition) is 5. The van der Waals surface area contributed by atoms with Crippen LogP contribution in [0.5, 0.6) is 0 Å². The number of nitrogen functional groups attached to an aromatic ring is 1. The second kappa shape index (κ2) is 4.95. The molecule has 1 aliphatic rings. The van der Waals surface area contributed by atoms with E-state index in [2.05, 4.69) is 15.4 Å². The van der Waals surface area contributed by atoms with Crippen molar-refractivity contribution in [2.45, 2.75) is 19.0 Å². The van der Waals surface area contributed by atoms with Crippen LogP contribution in [0.25, 0.3) is 0 Å². The first-order chi connectivity index (χ1) is 8.60. The summed E-state index contributed by atoms with van der Waals surface area (Å²) in [6.07, 6.45) is -0.00779. The van der Waals surface area contributed by atoms with E-state index in [0.29, 0.717) is 12.2 Å². The van der Waals surface area contributed by atoms with Crippen LogP contribution in [0, 0.1) is 0 Å². The molecule has 0 bridgehead atoms. The molecular formula is C12H15N3O3. The number of methoxy groups -OCH3 is 1. The third-order valence-corrected chi connectivity index (χ3v) is 2.83. The van der Waals surface area contributed by atoms with Crippen LogP contribution in [0.2, 0.25) is 0 Å². The van der Waals surface area contributed by atoms with Crippen molar-refractivity contribution in [3.05, 3.63) is 23.8 Å². The first-order valence-electron chi connectivity index (χ1n) is 5.59. The van der Waals surface area contributed by atoms with Gasteiger partial charge in [0, 0.05) is 17.9 Å². The van der Waals surface area contributed by atoms with E-state index >= 15 is 0 Å². The monoisotopic (exact) mass is 249 g/mol. The molecule has 0 spiro atoms. The number of rotatable bonds is 2. The van der Waals surface area contributed by atoms with Gasteiger partial charge in [-0.25, -0.2) is 0 Å². The van der Waals surface area contributed by atoms with E-state index < -0.39 is 12.0 Å². The van der Waals surface area contributed by atoms with Crippen molar-refractivity contribution in [2.24, 2.45) is 0 Å². The second-order valence-electron chi connectivity index (χ2n) is 4.11. The summed E-state index contributed by atoms with van der Waals surface area (Å²) in [6, 6.07) is 4.72. The third kappa shape index (κ3) is 2.53. The Kier molecular flexibility index (Phi) is 3.36. The van der Waals surface area contributed by atoms with Crippen molar-refractivity contribution >= 4 is 23.3 Å². The predicted molar refractivity (Wildman–Crippen MR) is 66.7 cm³/mol. The van der Waals surface area contributed by atoms with Crippen LogP contribution in [0.4, 0.5) is 11.4 Å². The molecule has 0 aromatic heterocycles. The van der Waals surface area contributed by atoms with Gasteiger partial charge in [0.2, 0.25) is 5.91 Å². The van der Waals surface area contributed by atoms with Gasteiger partial charge in [0.15, 0.2) is 0 Å². The normalized spacial score (nSPS) is 18.1. The molecule has 6 heteroatoms. The van der Waals surface area contributed by atoms with Crippen molar-refractivity contribution in [1.82, 2.24) is 5.32 Å². The fraction of sp³-hybridized carbons (Fsp3) is 0.333. The average Bonchev–Trinajstić information content (AvgIpc) is 2.50. The molecule has 1 aromatic carbocycles. The molecule has 0 fully saturated rings. The molecule has 0 saturated heterocycles. The van der Waals surface area contributed by atoms with Crippen molar-refractivity contribution in [2.75, 3.05) is 18.2 Å². The minimum Gasteiger partial charge on any atom is -0.469 e. The highest BCUT2D eigenvalue weighted by Gasteiger charge is 2.25. The molecule has 0 saturated carbocycles. The van der Waals surface area contributed by atoms with Crippen LogP contribution < -0.4 is 16.4 Å². The van der Waals surface area contributed by atoms with Gasteiger partial charge in [-0.15, -0.1) is 0 Å². The van der Waals surface area contributed by atoms with Gasteiger partial charge in [-0.1, -0.05) is 0 Å². The number of carbonyl (C=O) groups excluding carboxylic acids is 2. The number of fused-ring (bicyclic) bond motifs is 1. The number of nitrogens with two attached hydrogens (primary N) is 1. The Morgan fingerprint density at radius 2 is 2.33 bits per heavy atom. The van der Waals surface area contributed by atoms with E-state index in [0.717, 1.165) is 11.3 Å². The van der Waals surface area contributed by atoms with Crippen LogP contribution in [0.1, 0.15) is 12.0 Å². The smallest absolute Gasteiger partial charge is 0.308 e. The zero-order valence-corrected chi connectivity index (χ0v) is 10.0. The van der Waals surface area contributed by atoms with E-state index in [1.165, 1.54) is 7.11 Å². The van der Waals surface area contributed by atoms with Crippen LogP contribution >= 0.6 is 0 Å². The SMILES string of the molecule is COC(=O)CC1Nc2ccc(N)cc2CNC1=O. The number of hydrogen-bond donors (Lipinski definition) is 3. The molecule has 6 nitrogen and oxygen atoms in total. The highest BCUT2D eigenvalue weighted by molar-refractivity contribution is 5.90. The average molecular weight is 249 g/mol.